The van der Waals surface area contributed by atoms with Gasteiger partial charge in [-0.15, -0.1) is 0 Å². The highest BCUT2D eigenvalue weighted by Crippen LogP contribution is 2.33. The number of carboxylic acids is 1. The van der Waals surface area contributed by atoms with Crippen LogP contribution in [0.15, 0.2) is 77.8 Å². The first-order chi connectivity index (χ1) is 17.9. The third-order valence-electron chi connectivity index (χ3n) is 5.60. The minimum Gasteiger partial charge on any atom is -0.497 e. The van der Waals surface area contributed by atoms with Crippen molar-refractivity contribution in [1.82, 2.24) is 4.90 Å². The van der Waals surface area contributed by atoms with Crippen molar-refractivity contribution in [2.45, 2.75) is 18.2 Å². The molecule has 1 atom stereocenters. The summed E-state index contributed by atoms with van der Waals surface area (Å²) in [5, 5.41) is 11.6. The Morgan fingerprint density at radius 3 is 2.11 bits per heavy atom. The number of methoxy groups -OCH3 is 2. The number of anilines is 1. The minimum absolute atomic E-state index is 0.0646. The van der Waals surface area contributed by atoms with E-state index in [2.05, 4.69) is 10.3 Å². The van der Waals surface area contributed by atoms with Gasteiger partial charge in [0.25, 0.3) is 0 Å². The van der Waals surface area contributed by atoms with E-state index in [0.717, 1.165) is 5.56 Å². The van der Waals surface area contributed by atoms with E-state index in [9.17, 15) is 14.4 Å². The van der Waals surface area contributed by atoms with Crippen LogP contribution in [-0.2, 0) is 16.1 Å². The fourth-order valence-corrected chi connectivity index (χ4v) is 4.78. The lowest BCUT2D eigenvalue weighted by Gasteiger charge is -2.17. The van der Waals surface area contributed by atoms with Crippen LogP contribution in [0.2, 0.25) is 0 Å². The Balaban J connectivity index is 1.52. The largest absolute Gasteiger partial charge is 0.497 e. The van der Waals surface area contributed by atoms with E-state index in [4.69, 9.17) is 14.6 Å². The van der Waals surface area contributed by atoms with Gasteiger partial charge in [-0.1, -0.05) is 23.9 Å². The number of hydrogen-bond acceptors (Lipinski definition) is 7. The Morgan fingerprint density at radius 2 is 1.54 bits per heavy atom. The van der Waals surface area contributed by atoms with Gasteiger partial charge in [0.05, 0.1) is 32.0 Å². The van der Waals surface area contributed by atoms with Crippen LogP contribution in [0.4, 0.5) is 11.4 Å². The standard InChI is InChI=1S/C27H25N3O6S/c1-35-21-11-3-17(4-12-21)16-30-25(32)23(37-27(30)29-20-9-13-22(36-2)14-10-20)15-24(31)28-19-7-5-18(6-8-19)26(33)34/h3-14,23H,15-16H2,1-2H3,(H,28,31)(H,33,34)/t23-/m1/s1. The van der Waals surface area contributed by atoms with E-state index in [1.54, 1.807) is 43.4 Å². The number of aliphatic imine (C=N–C) groups is 1. The first-order valence-electron chi connectivity index (χ1n) is 11.3. The molecule has 1 fully saturated rings. The number of hydrogen-bond donors (Lipinski definition) is 2. The number of benzene rings is 3. The first kappa shape index (κ1) is 25.8. The number of nitrogens with zero attached hydrogens (tertiary/aromatic N) is 2. The second-order valence-electron chi connectivity index (χ2n) is 8.11. The summed E-state index contributed by atoms with van der Waals surface area (Å²) in [7, 11) is 3.17. The maximum Gasteiger partial charge on any atom is 0.335 e. The highest BCUT2D eigenvalue weighted by Gasteiger charge is 2.39. The van der Waals surface area contributed by atoms with Gasteiger partial charge >= 0.3 is 5.97 Å². The normalized spacial score (nSPS) is 16.1. The molecule has 1 saturated heterocycles. The number of carbonyl (C=O) groups excluding carboxylic acids is 2. The van der Waals surface area contributed by atoms with E-state index in [1.165, 1.54) is 36.0 Å². The number of rotatable bonds is 9. The molecule has 0 bridgehead atoms. The molecule has 190 valence electrons. The molecule has 2 N–H and O–H groups in total. The van der Waals surface area contributed by atoms with Gasteiger partial charge in [-0.2, -0.15) is 0 Å². The molecule has 1 aliphatic rings. The third kappa shape index (κ3) is 6.47. The molecule has 0 aliphatic carbocycles. The van der Waals surface area contributed by atoms with Gasteiger partial charge in [-0.25, -0.2) is 9.79 Å². The Bertz CT molecular complexity index is 1310. The Kier molecular flexibility index (Phi) is 8.09. The monoisotopic (exact) mass is 519 g/mol. The van der Waals surface area contributed by atoms with Crippen LogP contribution >= 0.6 is 11.8 Å². The van der Waals surface area contributed by atoms with Crippen LogP contribution in [0.1, 0.15) is 22.3 Å². The van der Waals surface area contributed by atoms with Crippen LogP contribution < -0.4 is 14.8 Å². The van der Waals surface area contributed by atoms with E-state index >= 15 is 0 Å². The zero-order valence-electron chi connectivity index (χ0n) is 20.2. The summed E-state index contributed by atoms with van der Waals surface area (Å²) in [6, 6.07) is 20.4. The van der Waals surface area contributed by atoms with Gasteiger partial charge in [0.15, 0.2) is 5.17 Å². The van der Waals surface area contributed by atoms with Crippen LogP contribution in [0.25, 0.3) is 0 Å². The molecule has 0 aromatic heterocycles. The maximum atomic E-state index is 13.4. The topological polar surface area (TPSA) is 118 Å². The Hall–Kier alpha value is -4.31. The summed E-state index contributed by atoms with van der Waals surface area (Å²) >= 11 is 1.24. The lowest BCUT2D eigenvalue weighted by atomic mass is 10.2. The SMILES string of the molecule is COc1ccc(CN2C(=O)[C@@H](CC(=O)Nc3ccc(C(=O)O)cc3)SC2=Nc2ccc(OC)cc2)cc1. The van der Waals surface area contributed by atoms with Crippen molar-refractivity contribution in [3.8, 4) is 11.5 Å². The van der Waals surface area contributed by atoms with E-state index < -0.39 is 11.2 Å². The van der Waals surface area contributed by atoms with Crippen molar-refractivity contribution < 1.29 is 29.0 Å². The fraction of sp³-hybridized carbons (Fsp3) is 0.185. The Morgan fingerprint density at radius 1 is 0.946 bits per heavy atom. The molecule has 3 aromatic rings. The highest BCUT2D eigenvalue weighted by atomic mass is 32.2. The molecule has 1 aliphatic heterocycles. The second kappa shape index (κ2) is 11.6. The quantitative estimate of drug-likeness (QED) is 0.425. The second-order valence-corrected chi connectivity index (χ2v) is 9.28. The number of carboxylic acid groups (broad SMARTS) is 1. The van der Waals surface area contributed by atoms with Gasteiger partial charge in [0.2, 0.25) is 11.8 Å². The molecule has 10 heteroatoms. The predicted molar refractivity (Wildman–Crippen MR) is 142 cm³/mol. The van der Waals surface area contributed by atoms with E-state index in [1.807, 2.05) is 24.3 Å². The molecule has 9 nitrogen and oxygen atoms in total. The average Bonchev–Trinajstić information content (AvgIpc) is 3.18. The van der Waals surface area contributed by atoms with E-state index in [-0.39, 0.29) is 23.8 Å². The summed E-state index contributed by atoms with van der Waals surface area (Å²) in [5.41, 5.74) is 2.11. The average molecular weight is 520 g/mol. The molecule has 1 heterocycles. The smallest absolute Gasteiger partial charge is 0.335 e. The summed E-state index contributed by atoms with van der Waals surface area (Å²) in [6.07, 6.45) is -0.0646. The van der Waals surface area contributed by atoms with Crippen molar-refractivity contribution in [3.05, 3.63) is 83.9 Å². The third-order valence-corrected chi connectivity index (χ3v) is 6.78. The minimum atomic E-state index is -1.05. The van der Waals surface area contributed by atoms with Gasteiger partial charge in [-0.05, 0) is 66.2 Å². The molecule has 0 radical (unpaired) electrons. The first-order valence-corrected chi connectivity index (χ1v) is 12.2. The van der Waals surface area contributed by atoms with E-state index in [0.29, 0.717) is 34.6 Å². The molecule has 0 spiro atoms. The number of thioether (sulfide) groups is 1. The number of aromatic carboxylic acids is 1. The van der Waals surface area contributed by atoms with Gasteiger partial charge in [0.1, 0.15) is 16.7 Å². The lowest BCUT2D eigenvalue weighted by Crippen LogP contribution is -2.33. The fourth-order valence-electron chi connectivity index (χ4n) is 3.63. The van der Waals surface area contributed by atoms with Crippen molar-refractivity contribution in [3.63, 3.8) is 0 Å². The number of ether oxygens (including phenoxy) is 2. The van der Waals surface area contributed by atoms with Crippen molar-refractivity contribution in [2.24, 2.45) is 4.99 Å². The molecule has 4 rings (SSSR count). The molecule has 2 amide bonds. The van der Waals surface area contributed by atoms with Crippen molar-refractivity contribution in [1.29, 1.82) is 0 Å². The van der Waals surface area contributed by atoms with Gasteiger partial charge in [-0.3, -0.25) is 14.5 Å². The molecule has 37 heavy (non-hydrogen) atoms. The van der Waals surface area contributed by atoms with Crippen molar-refractivity contribution in [2.75, 3.05) is 19.5 Å². The summed E-state index contributed by atoms with van der Waals surface area (Å²) in [5.74, 6) is -0.219. The number of amides is 2. The summed E-state index contributed by atoms with van der Waals surface area (Å²) < 4.78 is 10.4. The lowest BCUT2D eigenvalue weighted by molar-refractivity contribution is -0.128. The van der Waals surface area contributed by atoms with Crippen molar-refractivity contribution >= 4 is 46.1 Å². The summed E-state index contributed by atoms with van der Waals surface area (Å²) in [4.78, 5) is 43.4. The number of carbonyl (C=O) groups is 3. The molecule has 0 unspecified atom stereocenters. The van der Waals surface area contributed by atoms with Gasteiger partial charge in [0, 0.05) is 12.1 Å². The number of amidine groups is 1. The zero-order valence-corrected chi connectivity index (χ0v) is 21.0. The zero-order chi connectivity index (χ0) is 26.4. The molecular formula is C27H25N3O6S. The van der Waals surface area contributed by atoms with Crippen LogP contribution in [0, 0.1) is 0 Å². The summed E-state index contributed by atoms with van der Waals surface area (Å²) in [6.45, 7) is 0.291. The molecule has 0 saturated carbocycles. The predicted octanol–water partition coefficient (Wildman–Crippen LogP) is 4.56. The molecule has 3 aromatic carbocycles. The maximum absolute atomic E-state index is 13.4. The van der Waals surface area contributed by atoms with Gasteiger partial charge < -0.3 is 19.9 Å². The van der Waals surface area contributed by atoms with Crippen LogP contribution in [0.3, 0.4) is 0 Å². The highest BCUT2D eigenvalue weighted by molar-refractivity contribution is 8.15. The molecular weight excluding hydrogens is 494 g/mol. The number of nitrogens with one attached hydrogen (secondary N) is 1. The Labute approximate surface area is 218 Å². The van der Waals surface area contributed by atoms with Crippen LogP contribution in [-0.4, -0.2) is 52.4 Å². The van der Waals surface area contributed by atoms with Crippen LogP contribution in [0.5, 0.6) is 11.5 Å².